The normalized spacial score (nSPS) is 10.4. The van der Waals surface area contributed by atoms with Gasteiger partial charge in [0.25, 0.3) is 0 Å². The van der Waals surface area contributed by atoms with E-state index in [-0.39, 0.29) is 18.4 Å². The number of benzene rings is 1. The maximum absolute atomic E-state index is 13.5. The van der Waals surface area contributed by atoms with Gasteiger partial charge in [0.2, 0.25) is 0 Å². The Bertz CT molecular complexity index is 552. The number of aromatic nitrogens is 2. The predicted octanol–water partition coefficient (Wildman–Crippen LogP) is 2.48. The van der Waals surface area contributed by atoms with E-state index in [1.165, 1.54) is 6.07 Å². The number of halogens is 1. The first-order chi connectivity index (χ1) is 8.60. The van der Waals surface area contributed by atoms with Crippen LogP contribution >= 0.6 is 0 Å². The lowest BCUT2D eigenvalue weighted by Crippen LogP contribution is -2.04. The van der Waals surface area contributed by atoms with E-state index in [2.05, 4.69) is 9.97 Å². The Labute approximate surface area is 105 Å². The summed E-state index contributed by atoms with van der Waals surface area (Å²) in [6, 6.07) is 6.59. The molecular weight excluding hydrogens is 233 g/mol. The fraction of sp³-hybridized carbons (Fsp3) is 0.231. The van der Waals surface area contributed by atoms with E-state index in [0.717, 1.165) is 11.4 Å². The molecule has 1 aromatic carbocycles. The SMILES string of the molecule is Cc1cc(C)nc(Oc2cccc(F)c2CN)n1. The minimum absolute atomic E-state index is 0.0623. The summed E-state index contributed by atoms with van der Waals surface area (Å²) >= 11 is 0. The minimum Gasteiger partial charge on any atom is -0.424 e. The molecule has 18 heavy (non-hydrogen) atoms. The zero-order chi connectivity index (χ0) is 13.1. The molecule has 0 spiro atoms. The maximum Gasteiger partial charge on any atom is 0.322 e. The van der Waals surface area contributed by atoms with E-state index in [1.54, 1.807) is 12.1 Å². The Morgan fingerprint density at radius 3 is 2.50 bits per heavy atom. The third-order valence-corrected chi connectivity index (χ3v) is 2.44. The van der Waals surface area contributed by atoms with Gasteiger partial charge in [-0.25, -0.2) is 14.4 Å². The summed E-state index contributed by atoms with van der Waals surface area (Å²) in [6.45, 7) is 3.75. The van der Waals surface area contributed by atoms with Crippen LogP contribution in [0.5, 0.6) is 11.8 Å². The van der Waals surface area contributed by atoms with E-state index in [1.807, 2.05) is 19.9 Å². The number of rotatable bonds is 3. The Morgan fingerprint density at radius 2 is 1.89 bits per heavy atom. The standard InChI is InChI=1S/C13H14FN3O/c1-8-6-9(2)17-13(16-8)18-12-5-3-4-11(14)10(12)7-15/h3-6H,7,15H2,1-2H3. The quantitative estimate of drug-likeness (QED) is 0.905. The summed E-state index contributed by atoms with van der Waals surface area (Å²) in [6.07, 6.45) is 0. The fourth-order valence-corrected chi connectivity index (χ4v) is 1.67. The molecule has 0 aliphatic rings. The number of nitrogens with zero attached hydrogens (tertiary/aromatic N) is 2. The molecule has 1 aromatic heterocycles. The molecule has 2 rings (SSSR count). The molecule has 2 aromatic rings. The maximum atomic E-state index is 13.5. The third kappa shape index (κ3) is 2.62. The molecule has 0 radical (unpaired) electrons. The van der Waals surface area contributed by atoms with Crippen molar-refractivity contribution >= 4 is 0 Å². The molecule has 94 valence electrons. The summed E-state index contributed by atoms with van der Waals surface area (Å²) < 4.78 is 19.0. The first kappa shape index (κ1) is 12.4. The Balaban J connectivity index is 2.36. The van der Waals surface area contributed by atoms with E-state index < -0.39 is 0 Å². The van der Waals surface area contributed by atoms with Crippen LogP contribution in [0.4, 0.5) is 4.39 Å². The molecule has 0 aliphatic heterocycles. The average molecular weight is 247 g/mol. The van der Waals surface area contributed by atoms with Gasteiger partial charge in [-0.05, 0) is 32.0 Å². The molecular formula is C13H14FN3O. The second-order valence-corrected chi connectivity index (χ2v) is 3.96. The average Bonchev–Trinajstić information content (AvgIpc) is 2.27. The molecule has 1 heterocycles. The van der Waals surface area contributed by atoms with Crippen LogP contribution in [0.2, 0.25) is 0 Å². The fourth-order valence-electron chi connectivity index (χ4n) is 1.67. The highest BCUT2D eigenvalue weighted by molar-refractivity contribution is 5.36. The van der Waals surface area contributed by atoms with Crippen molar-refractivity contribution < 1.29 is 9.13 Å². The summed E-state index contributed by atoms with van der Waals surface area (Å²) in [5.41, 5.74) is 7.41. The summed E-state index contributed by atoms with van der Waals surface area (Å²) in [5.74, 6) is -0.0399. The van der Waals surface area contributed by atoms with Crippen molar-refractivity contribution in [1.29, 1.82) is 0 Å². The number of ether oxygens (including phenoxy) is 1. The van der Waals surface area contributed by atoms with Gasteiger partial charge >= 0.3 is 6.01 Å². The molecule has 0 bridgehead atoms. The number of hydrogen-bond donors (Lipinski definition) is 1. The number of aryl methyl sites for hydroxylation is 2. The van der Waals surface area contributed by atoms with Gasteiger partial charge in [0.05, 0.1) is 0 Å². The topological polar surface area (TPSA) is 61.0 Å². The van der Waals surface area contributed by atoms with Gasteiger partial charge in [0.15, 0.2) is 0 Å². The van der Waals surface area contributed by atoms with Crippen LogP contribution in [-0.4, -0.2) is 9.97 Å². The third-order valence-electron chi connectivity index (χ3n) is 2.44. The molecule has 0 saturated carbocycles. The Hall–Kier alpha value is -2.01. The number of nitrogens with two attached hydrogens (primary N) is 1. The second-order valence-electron chi connectivity index (χ2n) is 3.96. The molecule has 2 N–H and O–H groups in total. The molecule has 0 saturated heterocycles. The molecule has 0 aliphatic carbocycles. The van der Waals surface area contributed by atoms with Crippen LogP contribution in [0.3, 0.4) is 0 Å². The smallest absolute Gasteiger partial charge is 0.322 e. The highest BCUT2D eigenvalue weighted by atomic mass is 19.1. The molecule has 4 nitrogen and oxygen atoms in total. The van der Waals surface area contributed by atoms with Gasteiger partial charge in [0.1, 0.15) is 11.6 Å². The largest absolute Gasteiger partial charge is 0.424 e. The number of hydrogen-bond acceptors (Lipinski definition) is 4. The lowest BCUT2D eigenvalue weighted by Gasteiger charge is -2.09. The van der Waals surface area contributed by atoms with Crippen molar-refractivity contribution in [2.45, 2.75) is 20.4 Å². The van der Waals surface area contributed by atoms with Crippen molar-refractivity contribution in [3.05, 3.63) is 47.0 Å². The summed E-state index contributed by atoms with van der Waals surface area (Å²) in [5, 5.41) is 0. The zero-order valence-corrected chi connectivity index (χ0v) is 10.3. The second kappa shape index (κ2) is 5.10. The van der Waals surface area contributed by atoms with Crippen LogP contribution in [0.25, 0.3) is 0 Å². The van der Waals surface area contributed by atoms with Crippen molar-refractivity contribution in [2.24, 2.45) is 5.73 Å². The lowest BCUT2D eigenvalue weighted by molar-refractivity contribution is 0.428. The van der Waals surface area contributed by atoms with Gasteiger partial charge in [-0.3, -0.25) is 0 Å². The Morgan fingerprint density at radius 1 is 1.22 bits per heavy atom. The van der Waals surface area contributed by atoms with Crippen LogP contribution in [0.15, 0.2) is 24.3 Å². The van der Waals surface area contributed by atoms with Crippen molar-refractivity contribution in [3.8, 4) is 11.8 Å². The van der Waals surface area contributed by atoms with Crippen LogP contribution in [-0.2, 0) is 6.54 Å². The van der Waals surface area contributed by atoms with Gasteiger partial charge in [-0.15, -0.1) is 0 Å². The van der Waals surface area contributed by atoms with Crippen LogP contribution in [0.1, 0.15) is 17.0 Å². The van der Waals surface area contributed by atoms with E-state index >= 15 is 0 Å². The van der Waals surface area contributed by atoms with Crippen molar-refractivity contribution in [2.75, 3.05) is 0 Å². The van der Waals surface area contributed by atoms with Crippen molar-refractivity contribution in [1.82, 2.24) is 9.97 Å². The zero-order valence-electron chi connectivity index (χ0n) is 10.3. The first-order valence-corrected chi connectivity index (χ1v) is 5.57. The van der Waals surface area contributed by atoms with Gasteiger partial charge < -0.3 is 10.5 Å². The van der Waals surface area contributed by atoms with Gasteiger partial charge in [-0.1, -0.05) is 6.07 Å². The van der Waals surface area contributed by atoms with Crippen LogP contribution < -0.4 is 10.5 Å². The summed E-state index contributed by atoms with van der Waals surface area (Å²) in [7, 11) is 0. The molecule has 0 unspecified atom stereocenters. The molecule has 5 heteroatoms. The van der Waals surface area contributed by atoms with Crippen LogP contribution in [0, 0.1) is 19.7 Å². The van der Waals surface area contributed by atoms with Gasteiger partial charge in [-0.2, -0.15) is 0 Å². The van der Waals surface area contributed by atoms with E-state index in [9.17, 15) is 4.39 Å². The highest BCUT2D eigenvalue weighted by Gasteiger charge is 2.10. The predicted molar refractivity (Wildman–Crippen MR) is 65.9 cm³/mol. The van der Waals surface area contributed by atoms with E-state index in [0.29, 0.717) is 11.3 Å². The lowest BCUT2D eigenvalue weighted by atomic mass is 10.2. The first-order valence-electron chi connectivity index (χ1n) is 5.57. The van der Waals surface area contributed by atoms with Crippen molar-refractivity contribution in [3.63, 3.8) is 0 Å². The molecule has 0 atom stereocenters. The summed E-state index contributed by atoms with van der Waals surface area (Å²) in [4.78, 5) is 8.28. The Kier molecular flexibility index (Phi) is 3.53. The monoisotopic (exact) mass is 247 g/mol. The van der Waals surface area contributed by atoms with E-state index in [4.69, 9.17) is 10.5 Å². The molecule has 0 fully saturated rings. The molecule has 0 amide bonds. The minimum atomic E-state index is -0.389. The highest BCUT2D eigenvalue weighted by Crippen LogP contribution is 2.25. The van der Waals surface area contributed by atoms with Gasteiger partial charge in [0, 0.05) is 23.5 Å².